The zero-order valence-electron chi connectivity index (χ0n) is 14.9. The molecule has 2 aromatic heterocycles. The minimum absolute atomic E-state index is 0. The molecule has 0 amide bonds. The van der Waals surface area contributed by atoms with Crippen molar-refractivity contribution >= 4 is 0 Å². The second-order valence-electron chi connectivity index (χ2n) is 5.69. The summed E-state index contributed by atoms with van der Waals surface area (Å²) in [6.45, 7) is 8.93. The number of aromatic amines is 1. The topological polar surface area (TPSA) is 18.0 Å². The first-order chi connectivity index (χ1) is 10.1. The van der Waals surface area contributed by atoms with E-state index in [-0.39, 0.29) is 29.4 Å². The van der Waals surface area contributed by atoms with E-state index in [0.29, 0.717) is 11.8 Å². The lowest BCUT2D eigenvalue weighted by Gasteiger charge is -2.04. The van der Waals surface area contributed by atoms with Crippen LogP contribution in [0.2, 0.25) is 0 Å². The van der Waals surface area contributed by atoms with Crippen LogP contribution in [-0.2, 0) is 7.05 Å². The highest BCUT2D eigenvalue weighted by Gasteiger charge is 2.11. The van der Waals surface area contributed by atoms with Gasteiger partial charge >= 0.3 is 0 Å². The van der Waals surface area contributed by atoms with Gasteiger partial charge in [-0.05, 0) is 24.3 Å². The van der Waals surface area contributed by atoms with E-state index in [9.17, 15) is 0 Å². The number of pyridine rings is 2. The molecule has 0 saturated carbocycles. The van der Waals surface area contributed by atoms with Crippen LogP contribution >= 0.6 is 0 Å². The fraction of sp³-hybridized carbons (Fsp3) is 0.474. The molecule has 23 heavy (non-hydrogen) atoms. The SMILES string of the molecule is CCC(C)c1cc[nH+]cc1.CCC(C)c1cccc[n+]1C.[Br-].[Cl-]. The molecule has 2 rings (SSSR count). The Labute approximate surface area is 158 Å². The van der Waals surface area contributed by atoms with Gasteiger partial charge in [0.2, 0.25) is 0 Å². The summed E-state index contributed by atoms with van der Waals surface area (Å²) < 4.78 is 2.19. The Hall–Kier alpha value is -0.930. The molecule has 0 saturated heterocycles. The number of H-pyrrole nitrogens is 1. The Morgan fingerprint density at radius 1 is 0.957 bits per heavy atom. The second kappa shape index (κ2) is 13.5. The summed E-state index contributed by atoms with van der Waals surface area (Å²) in [6.07, 6.45) is 8.46. The van der Waals surface area contributed by atoms with Gasteiger partial charge in [-0.2, -0.15) is 0 Å². The van der Waals surface area contributed by atoms with Crippen molar-refractivity contribution in [3.8, 4) is 0 Å². The third-order valence-corrected chi connectivity index (χ3v) is 4.14. The normalized spacial score (nSPS) is 11.9. The molecule has 0 fully saturated rings. The van der Waals surface area contributed by atoms with Crippen molar-refractivity contribution in [3.63, 3.8) is 0 Å². The van der Waals surface area contributed by atoms with Crippen LogP contribution in [0.5, 0.6) is 0 Å². The van der Waals surface area contributed by atoms with Crippen molar-refractivity contribution in [1.29, 1.82) is 0 Å². The molecule has 2 nitrogen and oxygen atoms in total. The fourth-order valence-electron chi connectivity index (χ4n) is 2.22. The quantitative estimate of drug-likeness (QED) is 0.530. The molecule has 2 heterocycles. The number of aromatic nitrogens is 2. The molecule has 0 aromatic carbocycles. The largest absolute Gasteiger partial charge is 1.00 e. The van der Waals surface area contributed by atoms with Gasteiger partial charge < -0.3 is 29.4 Å². The number of hydrogen-bond donors (Lipinski definition) is 0. The maximum absolute atomic E-state index is 3.01. The maximum Gasteiger partial charge on any atom is 0.183 e. The molecule has 2 unspecified atom stereocenters. The van der Waals surface area contributed by atoms with Crippen molar-refractivity contribution < 1.29 is 38.9 Å². The molecule has 0 aliphatic rings. The number of rotatable bonds is 4. The van der Waals surface area contributed by atoms with Crippen molar-refractivity contribution in [2.24, 2.45) is 7.05 Å². The van der Waals surface area contributed by atoms with Gasteiger partial charge in [-0.1, -0.05) is 33.8 Å². The standard InChI is InChI=1S/C10H16N.C9H13N.BrH.ClH/c1-4-9(2)10-7-5-6-8-11(10)3;1-3-8(2)9-4-6-10-7-5-9;;/h5-9H,4H2,1-3H3;4-8H,3H2,1-2H3;2*1H/q+1;;;/p-1. The van der Waals surface area contributed by atoms with Crippen molar-refractivity contribution in [2.45, 2.75) is 52.4 Å². The lowest BCUT2D eigenvalue weighted by molar-refractivity contribution is -0.680. The average molecular weight is 402 g/mol. The lowest BCUT2D eigenvalue weighted by atomic mass is 10.0. The highest BCUT2D eigenvalue weighted by molar-refractivity contribution is 5.12. The maximum atomic E-state index is 3.01. The molecule has 0 aliphatic heterocycles. The average Bonchev–Trinajstić information content (AvgIpc) is 2.55. The molecule has 1 N–H and O–H groups in total. The Bertz CT molecular complexity index is 520. The lowest BCUT2D eigenvalue weighted by Crippen LogP contribution is -3.00. The van der Waals surface area contributed by atoms with E-state index < -0.39 is 0 Å². The molecule has 0 spiro atoms. The first-order valence-corrected chi connectivity index (χ1v) is 8.00. The smallest absolute Gasteiger partial charge is 0.183 e. The van der Waals surface area contributed by atoms with Gasteiger partial charge in [-0.3, -0.25) is 0 Å². The predicted octanol–water partition coefficient (Wildman–Crippen LogP) is -1.95. The van der Waals surface area contributed by atoms with E-state index in [1.54, 1.807) is 0 Å². The molecule has 0 aliphatic carbocycles. The molecular weight excluding hydrogens is 372 g/mol. The first-order valence-electron chi connectivity index (χ1n) is 8.00. The number of nitrogens with zero attached hydrogens (tertiary/aromatic N) is 1. The van der Waals surface area contributed by atoms with Crippen molar-refractivity contribution in [3.05, 3.63) is 60.2 Å². The predicted molar refractivity (Wildman–Crippen MR) is 88.0 cm³/mol. The van der Waals surface area contributed by atoms with E-state index in [1.165, 1.54) is 24.1 Å². The number of nitrogens with one attached hydrogen (secondary N) is 1. The molecule has 2 aromatic rings. The van der Waals surface area contributed by atoms with Gasteiger partial charge in [0.05, 0.1) is 0 Å². The van der Waals surface area contributed by atoms with E-state index in [2.05, 4.69) is 80.8 Å². The van der Waals surface area contributed by atoms with Gasteiger partial charge in [-0.25, -0.2) is 9.55 Å². The number of aryl methyl sites for hydroxylation is 1. The highest BCUT2D eigenvalue weighted by Crippen LogP contribution is 2.15. The zero-order chi connectivity index (χ0) is 15.7. The van der Waals surface area contributed by atoms with E-state index >= 15 is 0 Å². The summed E-state index contributed by atoms with van der Waals surface area (Å²) >= 11 is 0. The summed E-state index contributed by atoms with van der Waals surface area (Å²) in [7, 11) is 2.10. The van der Waals surface area contributed by atoms with Crippen molar-refractivity contribution in [1.82, 2.24) is 0 Å². The summed E-state index contributed by atoms with van der Waals surface area (Å²) in [5.74, 6) is 1.36. The third kappa shape index (κ3) is 8.47. The van der Waals surface area contributed by atoms with Gasteiger partial charge in [0.1, 0.15) is 7.05 Å². The van der Waals surface area contributed by atoms with Crippen molar-refractivity contribution in [2.75, 3.05) is 0 Å². The highest BCUT2D eigenvalue weighted by atomic mass is 79.9. The summed E-state index contributed by atoms with van der Waals surface area (Å²) in [4.78, 5) is 3.01. The summed E-state index contributed by atoms with van der Waals surface area (Å²) in [5.41, 5.74) is 2.83. The Morgan fingerprint density at radius 3 is 2.00 bits per heavy atom. The Kier molecular flexibility index (Phi) is 14.3. The van der Waals surface area contributed by atoms with Crippen LogP contribution in [0.3, 0.4) is 0 Å². The van der Waals surface area contributed by atoms with Crippen LogP contribution < -0.4 is 38.9 Å². The molecule has 2 atom stereocenters. The van der Waals surface area contributed by atoms with Gasteiger partial charge in [0, 0.05) is 30.2 Å². The van der Waals surface area contributed by atoms with Gasteiger partial charge in [-0.15, -0.1) is 0 Å². The Morgan fingerprint density at radius 2 is 1.52 bits per heavy atom. The number of halogens is 2. The van der Waals surface area contributed by atoms with Gasteiger partial charge in [0.15, 0.2) is 24.3 Å². The number of hydrogen-bond acceptors (Lipinski definition) is 0. The van der Waals surface area contributed by atoms with Crippen LogP contribution in [0.4, 0.5) is 0 Å². The summed E-state index contributed by atoms with van der Waals surface area (Å²) in [5, 5.41) is 0. The van der Waals surface area contributed by atoms with Crippen LogP contribution in [0.25, 0.3) is 0 Å². The molecule has 130 valence electrons. The Balaban J connectivity index is 0. The first kappa shape index (κ1) is 24.3. The minimum Gasteiger partial charge on any atom is -1.00 e. The van der Waals surface area contributed by atoms with Gasteiger partial charge in [0.25, 0.3) is 0 Å². The minimum atomic E-state index is 0. The molecule has 0 bridgehead atoms. The molecule has 0 radical (unpaired) electrons. The fourth-order valence-corrected chi connectivity index (χ4v) is 2.22. The van der Waals surface area contributed by atoms with Crippen LogP contribution in [-0.4, -0.2) is 0 Å². The molecular formula is C19H30BrClN2. The third-order valence-electron chi connectivity index (χ3n) is 4.14. The monoisotopic (exact) mass is 400 g/mol. The van der Waals surface area contributed by atoms with Crippen LogP contribution in [0, 0.1) is 0 Å². The second-order valence-corrected chi connectivity index (χ2v) is 5.69. The molecule has 4 heteroatoms. The summed E-state index contributed by atoms with van der Waals surface area (Å²) in [6, 6.07) is 10.6. The van der Waals surface area contributed by atoms with E-state index in [4.69, 9.17) is 0 Å². The van der Waals surface area contributed by atoms with E-state index in [1.807, 2.05) is 12.4 Å². The van der Waals surface area contributed by atoms with E-state index in [0.717, 1.165) is 0 Å². The zero-order valence-corrected chi connectivity index (χ0v) is 17.2. The van der Waals surface area contributed by atoms with Crippen LogP contribution in [0.1, 0.15) is 63.6 Å². The van der Waals surface area contributed by atoms with Crippen LogP contribution in [0.15, 0.2) is 48.9 Å².